The number of hydrogen-bond acceptors (Lipinski definition) is 9. The van der Waals surface area contributed by atoms with Crippen LogP contribution in [0.4, 0.5) is 0 Å². The molecule has 5 atom stereocenters. The van der Waals surface area contributed by atoms with Crippen molar-refractivity contribution in [1.29, 1.82) is 0 Å². The average molecular weight is 457 g/mol. The molecule has 0 amide bonds. The van der Waals surface area contributed by atoms with Gasteiger partial charge in [-0.15, -0.1) is 0 Å². The Morgan fingerprint density at radius 3 is 2.45 bits per heavy atom. The maximum Gasteiger partial charge on any atom is 0.255 e. The van der Waals surface area contributed by atoms with Crippen molar-refractivity contribution in [3.05, 3.63) is 60.3 Å². The van der Waals surface area contributed by atoms with Crippen molar-refractivity contribution in [2.45, 2.75) is 30.7 Å². The minimum absolute atomic E-state index is 0.113. The highest BCUT2D eigenvalue weighted by molar-refractivity contribution is 6.01. The largest absolute Gasteiger partial charge is 0.508 e. The second kappa shape index (κ2) is 9.22. The Balaban J connectivity index is 1.59. The van der Waals surface area contributed by atoms with Gasteiger partial charge >= 0.3 is 0 Å². The molecule has 0 saturated carbocycles. The monoisotopic (exact) mass is 457 g/mol. The summed E-state index contributed by atoms with van der Waals surface area (Å²) in [6.45, 7) is -0.624. The van der Waals surface area contributed by atoms with Gasteiger partial charge in [0.05, 0.1) is 12.1 Å². The van der Waals surface area contributed by atoms with Gasteiger partial charge in [-0.25, -0.2) is 0 Å². The first-order valence-corrected chi connectivity index (χ1v) is 10.1. The first kappa shape index (κ1) is 22.8. The molecule has 0 radical (unpaired) electrons. The molecule has 1 aliphatic rings. The highest BCUT2D eigenvalue weighted by atomic mass is 16.7. The van der Waals surface area contributed by atoms with Gasteiger partial charge in [0.2, 0.25) is 6.29 Å². The number of phenolic OH excluding ortho intramolecular Hbond substituents is 2. The minimum atomic E-state index is -1.65. The van der Waals surface area contributed by atoms with E-state index in [4.69, 9.17) is 9.47 Å². The normalized spacial score (nSPS) is 25.5. The van der Waals surface area contributed by atoms with E-state index in [0.717, 1.165) is 0 Å². The van der Waals surface area contributed by atoms with Crippen molar-refractivity contribution in [3.8, 4) is 17.2 Å². The van der Waals surface area contributed by atoms with Gasteiger partial charge in [0.25, 0.3) is 5.91 Å². The highest BCUT2D eigenvalue weighted by Crippen LogP contribution is 2.34. The summed E-state index contributed by atoms with van der Waals surface area (Å²) in [4.78, 5) is 12.7. The zero-order valence-corrected chi connectivity index (χ0v) is 17.2. The summed E-state index contributed by atoms with van der Waals surface area (Å²) in [5.41, 5.74) is 1.11. The number of phenols is 2. The molecule has 2 aromatic carbocycles. The number of allylic oxidation sites excluding steroid dienone is 1. The molecule has 0 aliphatic carbocycles. The van der Waals surface area contributed by atoms with E-state index in [1.54, 1.807) is 24.3 Å². The van der Waals surface area contributed by atoms with Crippen molar-refractivity contribution < 1.29 is 44.9 Å². The fourth-order valence-corrected chi connectivity index (χ4v) is 3.56. The van der Waals surface area contributed by atoms with Crippen molar-refractivity contribution in [2.75, 3.05) is 6.61 Å². The average Bonchev–Trinajstić information content (AvgIpc) is 3.21. The first-order chi connectivity index (χ1) is 15.8. The van der Waals surface area contributed by atoms with Gasteiger partial charge in [-0.2, -0.15) is 0 Å². The van der Waals surface area contributed by atoms with Crippen LogP contribution in [0.5, 0.6) is 17.2 Å². The smallest absolute Gasteiger partial charge is 0.255 e. The summed E-state index contributed by atoms with van der Waals surface area (Å²) in [7, 11) is 0. The molecule has 1 saturated heterocycles. The van der Waals surface area contributed by atoms with Crippen LogP contribution in [-0.2, 0) is 4.74 Å². The van der Waals surface area contributed by atoms with Gasteiger partial charge in [0.15, 0.2) is 11.5 Å². The SMILES string of the molecule is O=C(/C=C/c1ccc(O)cc1)n1ccc2cc(O)c(O[C@@H]3O[C@H](CO)[C@@H](O)[C@H](O)[C@H]3O)cc21. The Labute approximate surface area is 187 Å². The number of aromatic hydroxyl groups is 2. The third kappa shape index (κ3) is 4.56. The minimum Gasteiger partial charge on any atom is -0.508 e. The van der Waals surface area contributed by atoms with Crippen LogP contribution in [0, 0.1) is 0 Å². The number of nitrogens with zero attached hydrogens (tertiary/aromatic N) is 1. The standard InChI is InChI=1S/C23H23NO9/c25-11-18-20(29)21(30)22(31)23(33-18)32-17-10-15-13(9-16(17)27)7-8-24(15)19(28)6-3-12-1-4-14(26)5-2-12/h1-10,18,20-23,25-27,29-31H,11H2/b6-3+/t18-,20-,21+,22-,23-/m1/s1. The first-order valence-electron chi connectivity index (χ1n) is 10.1. The van der Waals surface area contributed by atoms with Gasteiger partial charge < -0.3 is 40.1 Å². The van der Waals surface area contributed by atoms with E-state index in [0.29, 0.717) is 16.5 Å². The van der Waals surface area contributed by atoms with Gasteiger partial charge in [-0.1, -0.05) is 12.1 Å². The second-order valence-corrected chi connectivity index (χ2v) is 7.64. The van der Waals surface area contributed by atoms with Gasteiger partial charge in [0.1, 0.15) is 30.2 Å². The van der Waals surface area contributed by atoms with E-state index < -0.39 is 37.3 Å². The lowest BCUT2D eigenvalue weighted by atomic mass is 9.99. The Bertz CT molecular complexity index is 1170. The van der Waals surface area contributed by atoms with Gasteiger partial charge in [-0.3, -0.25) is 9.36 Å². The molecule has 10 nitrogen and oxygen atoms in total. The summed E-state index contributed by atoms with van der Waals surface area (Å²) in [5.74, 6) is -0.712. The van der Waals surface area contributed by atoms with Crippen LogP contribution >= 0.6 is 0 Å². The lowest BCUT2D eigenvalue weighted by Crippen LogP contribution is -2.60. The van der Waals surface area contributed by atoms with Crippen molar-refractivity contribution in [1.82, 2.24) is 4.57 Å². The number of rotatable bonds is 5. The summed E-state index contributed by atoms with van der Waals surface area (Å²) in [6, 6.07) is 10.7. The van der Waals surface area contributed by atoms with Crippen molar-refractivity contribution in [3.63, 3.8) is 0 Å². The molecular formula is C23H23NO9. The number of aromatic nitrogens is 1. The van der Waals surface area contributed by atoms with Crippen LogP contribution in [0.3, 0.4) is 0 Å². The van der Waals surface area contributed by atoms with E-state index in [9.17, 15) is 35.4 Å². The molecule has 6 N–H and O–H groups in total. The van der Waals surface area contributed by atoms with E-state index >= 15 is 0 Å². The molecule has 0 bridgehead atoms. The number of aliphatic hydroxyl groups excluding tert-OH is 4. The van der Waals surface area contributed by atoms with Crippen LogP contribution in [0.2, 0.25) is 0 Å². The molecule has 0 unspecified atom stereocenters. The Morgan fingerprint density at radius 2 is 1.76 bits per heavy atom. The Morgan fingerprint density at radius 1 is 1.03 bits per heavy atom. The lowest BCUT2D eigenvalue weighted by molar-refractivity contribution is -0.277. The number of fused-ring (bicyclic) bond motifs is 1. The molecule has 174 valence electrons. The summed E-state index contributed by atoms with van der Waals surface area (Å²) >= 11 is 0. The van der Waals surface area contributed by atoms with E-state index in [2.05, 4.69) is 0 Å². The van der Waals surface area contributed by atoms with Crippen LogP contribution in [0.25, 0.3) is 17.0 Å². The fourth-order valence-electron chi connectivity index (χ4n) is 3.56. The Hall–Kier alpha value is -3.41. The molecule has 0 spiro atoms. The highest BCUT2D eigenvalue weighted by Gasteiger charge is 2.45. The number of carbonyl (C=O) groups excluding carboxylic acids is 1. The molecule has 2 heterocycles. The predicted octanol–water partition coefficient (Wildman–Crippen LogP) is 0.585. The third-order valence-electron chi connectivity index (χ3n) is 5.41. The van der Waals surface area contributed by atoms with Gasteiger partial charge in [0, 0.05) is 23.7 Å². The quantitative estimate of drug-likeness (QED) is 0.301. The van der Waals surface area contributed by atoms with Crippen LogP contribution in [0.1, 0.15) is 10.4 Å². The fraction of sp³-hybridized carbons (Fsp3) is 0.261. The summed E-state index contributed by atoms with van der Waals surface area (Å²) in [5, 5.41) is 59.6. The zero-order valence-electron chi connectivity index (χ0n) is 17.2. The molecule has 1 aliphatic heterocycles. The number of aliphatic hydroxyl groups is 4. The zero-order chi connectivity index (χ0) is 23.7. The van der Waals surface area contributed by atoms with Crippen molar-refractivity contribution >= 4 is 22.9 Å². The number of carbonyl (C=O) groups is 1. The summed E-state index contributed by atoms with van der Waals surface area (Å²) < 4.78 is 12.2. The van der Waals surface area contributed by atoms with E-state index in [1.807, 2.05) is 0 Å². The molecule has 3 aromatic rings. The molecule has 33 heavy (non-hydrogen) atoms. The number of hydrogen-bond donors (Lipinski definition) is 6. The van der Waals surface area contributed by atoms with Crippen molar-refractivity contribution in [2.24, 2.45) is 0 Å². The summed E-state index contributed by atoms with van der Waals surface area (Å²) in [6.07, 6.45) is -3.05. The molecule has 1 aromatic heterocycles. The van der Waals surface area contributed by atoms with Crippen LogP contribution < -0.4 is 4.74 Å². The lowest BCUT2D eigenvalue weighted by Gasteiger charge is -2.39. The maximum absolute atomic E-state index is 12.7. The van der Waals surface area contributed by atoms with E-state index in [-0.39, 0.29) is 23.2 Å². The van der Waals surface area contributed by atoms with Gasteiger partial charge in [-0.05, 0) is 35.9 Å². The number of benzene rings is 2. The predicted molar refractivity (Wildman–Crippen MR) is 116 cm³/mol. The van der Waals surface area contributed by atoms with E-state index in [1.165, 1.54) is 41.1 Å². The van der Waals surface area contributed by atoms with Crippen LogP contribution in [-0.4, -0.2) is 78.4 Å². The molecule has 10 heteroatoms. The third-order valence-corrected chi connectivity index (χ3v) is 5.41. The molecule has 4 rings (SSSR count). The Kier molecular flexibility index (Phi) is 6.36. The van der Waals surface area contributed by atoms with Crippen LogP contribution in [0.15, 0.2) is 54.7 Å². The maximum atomic E-state index is 12.7. The topological polar surface area (TPSA) is 162 Å². The molecule has 1 fully saturated rings. The second-order valence-electron chi connectivity index (χ2n) is 7.64. The molecular weight excluding hydrogens is 434 g/mol. The number of ether oxygens (including phenoxy) is 2.